The first-order valence-electron chi connectivity index (χ1n) is 9.23. The Balaban J connectivity index is 1.58. The first-order valence-corrected chi connectivity index (χ1v) is 9.23. The third-order valence-corrected chi connectivity index (χ3v) is 5.19. The highest BCUT2D eigenvalue weighted by Gasteiger charge is 2.17. The van der Waals surface area contributed by atoms with E-state index in [1.54, 1.807) is 16.7 Å². The number of aromatic nitrogens is 5. The standard InChI is InChI=1S/C20H20N6O/c1-13-10-25-11-15(2-3-18(25)23-13)16-8-20(27)26-12-17(22-9-19(26)24-16)14-4-6-21-7-5-14/h2-3,8-12,14,21H,4-7H2,1H3. The Hall–Kier alpha value is -3.06. The van der Waals surface area contributed by atoms with E-state index in [1.807, 2.05) is 42.0 Å². The third-order valence-electron chi connectivity index (χ3n) is 5.19. The number of imidazole rings is 1. The number of piperidine rings is 1. The van der Waals surface area contributed by atoms with Gasteiger partial charge < -0.3 is 9.72 Å². The quantitative estimate of drug-likeness (QED) is 0.593. The molecule has 0 aliphatic carbocycles. The number of aryl methyl sites for hydroxylation is 1. The molecule has 1 saturated heterocycles. The summed E-state index contributed by atoms with van der Waals surface area (Å²) in [5.74, 6) is 0.397. The van der Waals surface area contributed by atoms with E-state index in [-0.39, 0.29) is 5.56 Å². The van der Waals surface area contributed by atoms with E-state index >= 15 is 0 Å². The van der Waals surface area contributed by atoms with Crippen molar-refractivity contribution in [3.8, 4) is 11.3 Å². The minimum atomic E-state index is -0.0884. The Labute approximate surface area is 155 Å². The molecule has 5 rings (SSSR count). The SMILES string of the molecule is Cc1cn2cc(-c3cc(=O)n4cc(C5CCNCC5)ncc4n3)ccc2n1. The van der Waals surface area contributed by atoms with Crippen LogP contribution in [-0.4, -0.2) is 36.8 Å². The molecule has 0 amide bonds. The zero-order chi connectivity index (χ0) is 18.4. The van der Waals surface area contributed by atoms with Crippen molar-refractivity contribution in [3.05, 3.63) is 64.7 Å². The van der Waals surface area contributed by atoms with E-state index in [0.717, 1.165) is 48.5 Å². The molecule has 1 aliphatic heterocycles. The lowest BCUT2D eigenvalue weighted by Crippen LogP contribution is -2.27. The second-order valence-electron chi connectivity index (χ2n) is 7.11. The number of rotatable bonds is 2. The molecule has 0 bridgehead atoms. The molecule has 27 heavy (non-hydrogen) atoms. The van der Waals surface area contributed by atoms with Gasteiger partial charge in [0.05, 0.1) is 23.3 Å². The molecule has 4 aromatic heterocycles. The van der Waals surface area contributed by atoms with Crippen molar-refractivity contribution < 1.29 is 0 Å². The van der Waals surface area contributed by atoms with Gasteiger partial charge in [0.15, 0.2) is 5.65 Å². The van der Waals surface area contributed by atoms with E-state index in [2.05, 4.69) is 20.3 Å². The molecule has 1 N–H and O–H groups in total. The fourth-order valence-corrected chi connectivity index (χ4v) is 3.77. The van der Waals surface area contributed by atoms with Crippen LogP contribution in [0.4, 0.5) is 0 Å². The van der Waals surface area contributed by atoms with Gasteiger partial charge in [0.2, 0.25) is 0 Å². The summed E-state index contributed by atoms with van der Waals surface area (Å²) in [6.07, 6.45) is 9.56. The first-order chi connectivity index (χ1) is 13.2. The normalized spacial score (nSPS) is 15.6. The molecule has 1 fully saturated rings. The predicted molar refractivity (Wildman–Crippen MR) is 103 cm³/mol. The minimum absolute atomic E-state index is 0.0884. The summed E-state index contributed by atoms with van der Waals surface area (Å²) in [6.45, 7) is 3.94. The van der Waals surface area contributed by atoms with Gasteiger partial charge in [-0.3, -0.25) is 14.2 Å². The summed E-state index contributed by atoms with van der Waals surface area (Å²) in [4.78, 5) is 26.4. The van der Waals surface area contributed by atoms with Crippen LogP contribution in [0.5, 0.6) is 0 Å². The van der Waals surface area contributed by atoms with Crippen molar-refractivity contribution in [2.45, 2.75) is 25.7 Å². The molecule has 0 aromatic carbocycles. The lowest BCUT2D eigenvalue weighted by Gasteiger charge is -2.22. The molecule has 0 saturated carbocycles. The van der Waals surface area contributed by atoms with Crippen LogP contribution in [0.3, 0.4) is 0 Å². The van der Waals surface area contributed by atoms with Gasteiger partial charge in [-0.25, -0.2) is 9.97 Å². The fraction of sp³-hybridized carbons (Fsp3) is 0.300. The summed E-state index contributed by atoms with van der Waals surface area (Å²) in [6, 6.07) is 5.46. The van der Waals surface area contributed by atoms with Gasteiger partial charge in [-0.05, 0) is 45.0 Å². The Kier molecular flexibility index (Phi) is 3.75. The minimum Gasteiger partial charge on any atom is -0.317 e. The smallest absolute Gasteiger partial charge is 0.258 e. The highest BCUT2D eigenvalue weighted by atomic mass is 16.1. The Morgan fingerprint density at radius 3 is 2.78 bits per heavy atom. The molecule has 0 atom stereocenters. The summed E-state index contributed by atoms with van der Waals surface area (Å²) >= 11 is 0. The van der Waals surface area contributed by atoms with Crippen molar-refractivity contribution in [2.75, 3.05) is 13.1 Å². The first kappa shape index (κ1) is 16.1. The van der Waals surface area contributed by atoms with Crippen molar-refractivity contribution in [3.63, 3.8) is 0 Å². The van der Waals surface area contributed by atoms with E-state index in [1.165, 1.54) is 0 Å². The Morgan fingerprint density at radius 1 is 1.07 bits per heavy atom. The number of hydrogen-bond acceptors (Lipinski definition) is 5. The van der Waals surface area contributed by atoms with Crippen LogP contribution in [0.15, 0.2) is 47.8 Å². The molecule has 7 heteroatoms. The number of fused-ring (bicyclic) bond motifs is 2. The van der Waals surface area contributed by atoms with Gasteiger partial charge >= 0.3 is 0 Å². The highest BCUT2D eigenvalue weighted by molar-refractivity contribution is 5.62. The van der Waals surface area contributed by atoms with E-state index < -0.39 is 0 Å². The molecular weight excluding hydrogens is 340 g/mol. The predicted octanol–water partition coefficient (Wildman–Crippen LogP) is 2.18. The lowest BCUT2D eigenvalue weighted by molar-refractivity contribution is 0.452. The maximum Gasteiger partial charge on any atom is 0.258 e. The topological polar surface area (TPSA) is 76.6 Å². The second-order valence-corrected chi connectivity index (χ2v) is 7.11. The maximum atomic E-state index is 12.7. The summed E-state index contributed by atoms with van der Waals surface area (Å²) in [7, 11) is 0. The number of nitrogens with zero attached hydrogens (tertiary/aromatic N) is 5. The molecule has 136 valence electrons. The van der Waals surface area contributed by atoms with Crippen LogP contribution in [0.1, 0.15) is 30.1 Å². The Morgan fingerprint density at radius 2 is 1.93 bits per heavy atom. The second kappa shape index (κ2) is 6.28. The molecule has 0 spiro atoms. The molecule has 0 radical (unpaired) electrons. The molecule has 7 nitrogen and oxygen atoms in total. The summed E-state index contributed by atoms with van der Waals surface area (Å²) in [5.41, 5.74) is 4.80. The van der Waals surface area contributed by atoms with Crippen molar-refractivity contribution in [2.24, 2.45) is 0 Å². The van der Waals surface area contributed by atoms with Crippen LogP contribution >= 0.6 is 0 Å². The van der Waals surface area contributed by atoms with Gasteiger partial charge in [-0.1, -0.05) is 0 Å². The van der Waals surface area contributed by atoms with E-state index in [9.17, 15) is 4.79 Å². The summed E-state index contributed by atoms with van der Waals surface area (Å²) < 4.78 is 3.56. The average Bonchev–Trinajstić information content (AvgIpc) is 3.07. The lowest BCUT2D eigenvalue weighted by atomic mass is 9.95. The van der Waals surface area contributed by atoms with Crippen molar-refractivity contribution in [1.29, 1.82) is 0 Å². The molecule has 4 aromatic rings. The van der Waals surface area contributed by atoms with Gasteiger partial charge in [-0.15, -0.1) is 0 Å². The number of hydrogen-bond donors (Lipinski definition) is 1. The van der Waals surface area contributed by atoms with E-state index in [0.29, 0.717) is 17.3 Å². The molecule has 0 unspecified atom stereocenters. The van der Waals surface area contributed by atoms with Crippen LogP contribution in [0.25, 0.3) is 22.6 Å². The van der Waals surface area contributed by atoms with Crippen LogP contribution in [0, 0.1) is 6.92 Å². The van der Waals surface area contributed by atoms with Crippen LogP contribution < -0.4 is 10.9 Å². The molecule has 5 heterocycles. The maximum absolute atomic E-state index is 12.7. The van der Waals surface area contributed by atoms with Gasteiger partial charge in [-0.2, -0.15) is 0 Å². The number of nitrogens with one attached hydrogen (secondary N) is 1. The number of pyridine rings is 1. The van der Waals surface area contributed by atoms with Crippen LogP contribution in [-0.2, 0) is 0 Å². The molecule has 1 aliphatic rings. The Bertz CT molecular complexity index is 1200. The third kappa shape index (κ3) is 2.90. The zero-order valence-electron chi connectivity index (χ0n) is 15.1. The van der Waals surface area contributed by atoms with Crippen molar-refractivity contribution >= 4 is 11.3 Å². The monoisotopic (exact) mass is 360 g/mol. The molecular formula is C20H20N6O. The van der Waals surface area contributed by atoms with Crippen LogP contribution in [0.2, 0.25) is 0 Å². The van der Waals surface area contributed by atoms with Gasteiger partial charge in [0.25, 0.3) is 5.56 Å². The summed E-state index contributed by atoms with van der Waals surface area (Å²) in [5, 5.41) is 3.36. The highest BCUT2D eigenvalue weighted by Crippen LogP contribution is 2.23. The van der Waals surface area contributed by atoms with Gasteiger partial charge in [0, 0.05) is 36.1 Å². The van der Waals surface area contributed by atoms with Gasteiger partial charge in [0.1, 0.15) is 5.65 Å². The largest absolute Gasteiger partial charge is 0.317 e. The van der Waals surface area contributed by atoms with Crippen molar-refractivity contribution in [1.82, 2.24) is 29.1 Å². The fourth-order valence-electron chi connectivity index (χ4n) is 3.77. The zero-order valence-corrected chi connectivity index (χ0v) is 15.1. The van der Waals surface area contributed by atoms with E-state index in [4.69, 9.17) is 0 Å². The average molecular weight is 360 g/mol.